The van der Waals surface area contributed by atoms with Crippen molar-refractivity contribution in [3.05, 3.63) is 53.9 Å². The van der Waals surface area contributed by atoms with Gasteiger partial charge in [-0.2, -0.15) is 0 Å². The predicted octanol–water partition coefficient (Wildman–Crippen LogP) is 3.35. The Balaban J connectivity index is 1.84. The number of pyridine rings is 1. The summed E-state index contributed by atoms with van der Waals surface area (Å²) in [4.78, 5) is 16.1. The highest BCUT2D eigenvalue weighted by Crippen LogP contribution is 2.34. The first-order valence-electron chi connectivity index (χ1n) is 8.40. The van der Waals surface area contributed by atoms with Crippen molar-refractivity contribution >= 4 is 17.7 Å². The van der Waals surface area contributed by atoms with E-state index >= 15 is 0 Å². The van der Waals surface area contributed by atoms with Crippen LogP contribution < -0.4 is 0 Å². The van der Waals surface area contributed by atoms with Crippen molar-refractivity contribution < 1.29 is 9.53 Å². The van der Waals surface area contributed by atoms with Crippen LogP contribution in [0.15, 0.2) is 47.9 Å². The quantitative estimate of drug-likeness (QED) is 0.660. The number of ether oxygens (including phenoxy) is 1. The van der Waals surface area contributed by atoms with E-state index in [4.69, 9.17) is 4.74 Å². The topological polar surface area (TPSA) is 69.9 Å². The third kappa shape index (κ3) is 3.10. The summed E-state index contributed by atoms with van der Waals surface area (Å²) in [6.07, 6.45) is 4.18. The number of cyclic esters (lactones) is 1. The van der Waals surface area contributed by atoms with E-state index in [0.717, 1.165) is 16.8 Å². The van der Waals surface area contributed by atoms with Gasteiger partial charge in [0.2, 0.25) is 0 Å². The van der Waals surface area contributed by atoms with Gasteiger partial charge in [-0.1, -0.05) is 29.5 Å². The number of hydrogen-bond acceptors (Lipinski definition) is 6. The second-order valence-electron chi connectivity index (χ2n) is 6.24. The van der Waals surface area contributed by atoms with Crippen LogP contribution in [-0.2, 0) is 9.53 Å². The highest BCUT2D eigenvalue weighted by atomic mass is 32.2. The summed E-state index contributed by atoms with van der Waals surface area (Å²) in [5.41, 5.74) is 4.18. The molecule has 0 N–H and O–H groups in total. The van der Waals surface area contributed by atoms with Gasteiger partial charge in [-0.15, -0.1) is 10.2 Å². The first-order valence-corrected chi connectivity index (χ1v) is 9.28. The lowest BCUT2D eigenvalue weighted by atomic mass is 10.1. The number of benzene rings is 1. The lowest BCUT2D eigenvalue weighted by molar-refractivity contribution is -0.137. The van der Waals surface area contributed by atoms with E-state index in [0.29, 0.717) is 24.0 Å². The lowest BCUT2D eigenvalue weighted by Crippen LogP contribution is -2.11. The number of thioether (sulfide) groups is 1. The fraction of sp³-hybridized carbons (Fsp3) is 0.263. The van der Waals surface area contributed by atoms with Gasteiger partial charge in [0.25, 0.3) is 0 Å². The van der Waals surface area contributed by atoms with E-state index in [2.05, 4.69) is 47.2 Å². The minimum Gasteiger partial charge on any atom is -0.465 e. The van der Waals surface area contributed by atoms with Crippen LogP contribution in [0.25, 0.3) is 17.1 Å². The van der Waals surface area contributed by atoms with Crippen molar-refractivity contribution in [2.75, 3.05) is 6.61 Å². The van der Waals surface area contributed by atoms with Gasteiger partial charge in [0.05, 0.1) is 12.3 Å². The minimum absolute atomic E-state index is 0.187. The summed E-state index contributed by atoms with van der Waals surface area (Å²) < 4.78 is 7.09. The maximum atomic E-state index is 11.9. The Bertz CT molecular complexity index is 955. The molecule has 0 aliphatic carbocycles. The molecular weight excluding hydrogens is 348 g/mol. The van der Waals surface area contributed by atoms with E-state index in [9.17, 15) is 4.79 Å². The highest BCUT2D eigenvalue weighted by Gasteiger charge is 2.30. The lowest BCUT2D eigenvalue weighted by Gasteiger charge is -2.14. The zero-order chi connectivity index (χ0) is 18.1. The third-order valence-corrected chi connectivity index (χ3v) is 5.47. The Morgan fingerprint density at radius 1 is 1.23 bits per heavy atom. The van der Waals surface area contributed by atoms with Crippen molar-refractivity contribution in [2.45, 2.75) is 30.7 Å². The highest BCUT2D eigenvalue weighted by molar-refractivity contribution is 8.00. The number of nitrogens with zero attached hydrogens (tertiary/aromatic N) is 4. The van der Waals surface area contributed by atoms with E-state index in [1.54, 1.807) is 12.4 Å². The molecule has 1 aromatic carbocycles. The molecule has 0 spiro atoms. The average molecular weight is 366 g/mol. The first kappa shape index (κ1) is 16.8. The SMILES string of the molecule is Cc1ccc(-n2c(S[C@H]3CCOC3=O)nnc2-c2cccnc2)c(C)c1. The second kappa shape index (κ2) is 6.92. The van der Waals surface area contributed by atoms with Crippen LogP contribution in [0.3, 0.4) is 0 Å². The van der Waals surface area contributed by atoms with E-state index in [1.807, 2.05) is 16.7 Å². The van der Waals surface area contributed by atoms with E-state index in [-0.39, 0.29) is 11.2 Å². The molecule has 1 aliphatic heterocycles. The summed E-state index contributed by atoms with van der Waals surface area (Å²) >= 11 is 1.40. The molecule has 26 heavy (non-hydrogen) atoms. The number of carbonyl (C=O) groups is 1. The van der Waals surface area contributed by atoms with Crippen molar-refractivity contribution in [3.63, 3.8) is 0 Å². The van der Waals surface area contributed by atoms with Gasteiger partial charge in [0.15, 0.2) is 11.0 Å². The van der Waals surface area contributed by atoms with Gasteiger partial charge in [-0.3, -0.25) is 14.3 Å². The standard InChI is InChI=1S/C19H18N4O2S/c1-12-5-6-15(13(2)10-12)23-17(14-4-3-8-20-11-14)21-22-19(23)26-16-7-9-25-18(16)24/h3-6,8,10-11,16H,7,9H2,1-2H3/t16-/m0/s1. The number of esters is 1. The molecule has 132 valence electrons. The molecule has 3 aromatic rings. The van der Waals surface area contributed by atoms with Gasteiger partial charge in [-0.05, 0) is 37.6 Å². The zero-order valence-electron chi connectivity index (χ0n) is 14.5. The van der Waals surface area contributed by atoms with Crippen molar-refractivity contribution in [1.29, 1.82) is 0 Å². The van der Waals surface area contributed by atoms with Gasteiger partial charge in [0, 0.05) is 24.4 Å². The summed E-state index contributed by atoms with van der Waals surface area (Å²) in [7, 11) is 0. The molecule has 0 saturated carbocycles. The molecule has 0 bridgehead atoms. The minimum atomic E-state index is -0.245. The van der Waals surface area contributed by atoms with Gasteiger partial charge in [-0.25, -0.2) is 0 Å². The third-order valence-electron chi connectivity index (χ3n) is 4.28. The van der Waals surface area contributed by atoms with Crippen LogP contribution in [0.1, 0.15) is 17.5 Å². The molecule has 6 nitrogen and oxygen atoms in total. The first-order chi connectivity index (χ1) is 12.6. The molecule has 0 amide bonds. The van der Waals surface area contributed by atoms with Gasteiger partial charge < -0.3 is 4.74 Å². The average Bonchev–Trinajstić information content (AvgIpc) is 3.23. The second-order valence-corrected chi connectivity index (χ2v) is 7.41. The normalized spacial score (nSPS) is 16.7. The number of aryl methyl sites for hydroxylation is 2. The van der Waals surface area contributed by atoms with Crippen LogP contribution in [0.4, 0.5) is 0 Å². The van der Waals surface area contributed by atoms with Crippen LogP contribution >= 0.6 is 11.8 Å². The molecule has 1 fully saturated rings. The van der Waals surface area contributed by atoms with Gasteiger partial charge in [0.1, 0.15) is 5.25 Å². The molecule has 0 radical (unpaired) electrons. The molecule has 2 aromatic heterocycles. The van der Waals surface area contributed by atoms with E-state index in [1.165, 1.54) is 17.3 Å². The monoisotopic (exact) mass is 366 g/mol. The molecule has 0 unspecified atom stereocenters. The van der Waals surface area contributed by atoms with Gasteiger partial charge >= 0.3 is 5.97 Å². The maximum Gasteiger partial charge on any atom is 0.319 e. The number of carbonyl (C=O) groups excluding carboxylic acids is 1. The fourth-order valence-electron chi connectivity index (χ4n) is 3.01. The molecule has 4 rings (SSSR count). The number of rotatable bonds is 4. The maximum absolute atomic E-state index is 11.9. The Morgan fingerprint density at radius 3 is 2.81 bits per heavy atom. The van der Waals surface area contributed by atoms with Crippen LogP contribution in [0, 0.1) is 13.8 Å². The molecule has 1 saturated heterocycles. The summed E-state index contributed by atoms with van der Waals surface area (Å²) in [6, 6.07) is 10.1. The van der Waals surface area contributed by atoms with Crippen molar-refractivity contribution in [1.82, 2.24) is 19.7 Å². The van der Waals surface area contributed by atoms with Crippen molar-refractivity contribution in [2.24, 2.45) is 0 Å². The summed E-state index contributed by atoms with van der Waals surface area (Å²) in [6.45, 7) is 4.59. The largest absolute Gasteiger partial charge is 0.465 e. The summed E-state index contributed by atoms with van der Waals surface area (Å²) in [5, 5.41) is 9.20. The van der Waals surface area contributed by atoms with E-state index < -0.39 is 0 Å². The Morgan fingerprint density at radius 2 is 2.12 bits per heavy atom. The predicted molar refractivity (Wildman–Crippen MR) is 99.3 cm³/mol. The zero-order valence-corrected chi connectivity index (χ0v) is 15.4. The number of hydrogen-bond donors (Lipinski definition) is 0. The smallest absolute Gasteiger partial charge is 0.319 e. The van der Waals surface area contributed by atoms with Crippen LogP contribution in [-0.4, -0.2) is 37.6 Å². The van der Waals surface area contributed by atoms with Crippen LogP contribution in [0.5, 0.6) is 0 Å². The molecule has 1 atom stereocenters. The summed E-state index contributed by atoms with van der Waals surface area (Å²) in [5.74, 6) is 0.520. The number of aromatic nitrogens is 4. The fourth-order valence-corrected chi connectivity index (χ4v) is 4.02. The molecule has 3 heterocycles. The molecule has 1 aliphatic rings. The molecular formula is C19H18N4O2S. The Hall–Kier alpha value is -2.67. The van der Waals surface area contributed by atoms with Crippen molar-refractivity contribution in [3.8, 4) is 17.1 Å². The Labute approximate surface area is 155 Å². The van der Waals surface area contributed by atoms with Crippen LogP contribution in [0.2, 0.25) is 0 Å². The Kier molecular flexibility index (Phi) is 4.46. The molecule has 7 heteroatoms.